The Labute approximate surface area is 159 Å². The number of hydrogen-bond donors (Lipinski definition) is 2. The fourth-order valence-corrected chi connectivity index (χ4v) is 7.70. The second-order valence-corrected chi connectivity index (χ2v) is 9.86. The molecule has 1 saturated heterocycles. The first kappa shape index (κ1) is 17.8. The highest BCUT2D eigenvalue weighted by Gasteiger charge is 2.81. The molecule has 3 saturated carbocycles. The van der Waals surface area contributed by atoms with Crippen LogP contribution in [0.4, 0.5) is 0 Å². The maximum absolute atomic E-state index is 12.6. The molecule has 8 atom stereocenters. The van der Waals surface area contributed by atoms with Crippen molar-refractivity contribution < 1.29 is 24.5 Å². The quantitative estimate of drug-likeness (QED) is 0.724. The molecule has 5 rings (SSSR count). The largest absolute Gasteiger partial charge is 0.388 e. The molecule has 5 aliphatic rings. The highest BCUT2D eigenvalue weighted by molar-refractivity contribution is 6.01. The highest BCUT2D eigenvalue weighted by Crippen LogP contribution is 2.76. The number of rotatable bonds is 2. The Morgan fingerprint density at radius 3 is 2.78 bits per heavy atom. The Morgan fingerprint density at radius 2 is 2.07 bits per heavy atom. The van der Waals surface area contributed by atoms with Crippen LogP contribution in [-0.2, 0) is 14.3 Å². The van der Waals surface area contributed by atoms with Gasteiger partial charge in [0, 0.05) is 10.8 Å². The van der Waals surface area contributed by atoms with E-state index in [0.29, 0.717) is 6.42 Å². The maximum atomic E-state index is 12.6. The van der Waals surface area contributed by atoms with Gasteiger partial charge in [0.15, 0.2) is 11.6 Å². The minimum absolute atomic E-state index is 0.0291. The molecule has 27 heavy (non-hydrogen) atoms. The lowest BCUT2D eigenvalue weighted by Crippen LogP contribution is -2.62. The van der Waals surface area contributed by atoms with Gasteiger partial charge in [0.05, 0.1) is 6.10 Å². The Bertz CT molecular complexity index is 814. The number of ketones is 2. The molecule has 5 unspecified atom stereocenters. The summed E-state index contributed by atoms with van der Waals surface area (Å²) in [6.45, 7) is 5.51. The summed E-state index contributed by atoms with van der Waals surface area (Å²) in [5.74, 6) is -0.193. The summed E-state index contributed by atoms with van der Waals surface area (Å²) >= 11 is 0. The highest BCUT2D eigenvalue weighted by atomic mass is 16.6. The van der Waals surface area contributed by atoms with Crippen molar-refractivity contribution in [3.05, 3.63) is 23.8 Å². The second-order valence-electron chi connectivity index (χ2n) is 9.86. The van der Waals surface area contributed by atoms with Crippen LogP contribution in [0.15, 0.2) is 23.8 Å². The number of epoxide rings is 1. The van der Waals surface area contributed by atoms with E-state index in [9.17, 15) is 19.8 Å². The first-order chi connectivity index (χ1) is 12.6. The number of hydrogen-bond acceptors (Lipinski definition) is 5. The number of ether oxygens (including phenoxy) is 1. The van der Waals surface area contributed by atoms with Crippen LogP contribution in [0.25, 0.3) is 0 Å². The van der Waals surface area contributed by atoms with E-state index in [4.69, 9.17) is 4.74 Å². The monoisotopic (exact) mass is 372 g/mol. The van der Waals surface area contributed by atoms with Crippen LogP contribution in [0, 0.1) is 28.6 Å². The van der Waals surface area contributed by atoms with Crippen molar-refractivity contribution >= 4 is 11.6 Å². The number of aliphatic hydroxyl groups excluding tert-OH is 1. The predicted octanol–water partition coefficient (Wildman–Crippen LogP) is 1.96. The second kappa shape index (κ2) is 5.00. The third-order valence-corrected chi connectivity index (χ3v) is 9.08. The first-order valence-corrected chi connectivity index (χ1v) is 10.1. The summed E-state index contributed by atoms with van der Waals surface area (Å²) in [7, 11) is 0. The normalized spacial score (nSPS) is 55.1. The Morgan fingerprint density at radius 1 is 1.33 bits per heavy atom. The molecule has 2 N–H and O–H groups in total. The average Bonchev–Trinajstić information content (AvgIpc) is 3.31. The standard InChI is InChI=1S/C22H28O5/c1-12-8-16-15-5-4-13-9-14(24)6-7-19(13,2)22(15)18(27-22)10-20(16,3)21(12,26)17(25)11-23/h6-7,9,12,15-16,18,23,26H,4-5,8,10-11H2,1-3H3/t12?,15?,16?,18?,19-,20-,21-,22?/m0/s1. The Kier molecular flexibility index (Phi) is 3.29. The summed E-state index contributed by atoms with van der Waals surface area (Å²) in [5.41, 5.74) is -1.55. The molecular weight excluding hydrogens is 344 g/mol. The molecule has 0 aromatic rings. The molecule has 146 valence electrons. The van der Waals surface area contributed by atoms with E-state index in [-0.39, 0.29) is 40.7 Å². The molecule has 0 radical (unpaired) electrons. The maximum Gasteiger partial charge on any atom is 0.190 e. The van der Waals surface area contributed by atoms with Crippen LogP contribution in [0.5, 0.6) is 0 Å². The van der Waals surface area contributed by atoms with Gasteiger partial charge >= 0.3 is 0 Å². The van der Waals surface area contributed by atoms with Gasteiger partial charge < -0.3 is 14.9 Å². The van der Waals surface area contributed by atoms with Gasteiger partial charge in [-0.15, -0.1) is 0 Å². The molecule has 4 fully saturated rings. The third kappa shape index (κ3) is 1.73. The summed E-state index contributed by atoms with van der Waals surface area (Å²) in [5, 5.41) is 21.0. The number of aliphatic hydroxyl groups is 2. The number of allylic oxidation sites excluding steroid dienone is 2. The Hall–Kier alpha value is -1.30. The zero-order chi connectivity index (χ0) is 19.4. The molecule has 1 heterocycles. The molecule has 0 aromatic carbocycles. The minimum Gasteiger partial charge on any atom is -0.388 e. The molecule has 0 amide bonds. The number of Topliss-reactive ketones (excluding diaryl/α,β-unsaturated/α-hetero) is 1. The van der Waals surface area contributed by atoms with Crippen molar-refractivity contribution in [3.8, 4) is 0 Å². The molecule has 0 aromatic heterocycles. The predicted molar refractivity (Wildman–Crippen MR) is 97.7 cm³/mol. The van der Waals surface area contributed by atoms with Crippen LogP contribution >= 0.6 is 0 Å². The van der Waals surface area contributed by atoms with E-state index in [1.165, 1.54) is 0 Å². The van der Waals surface area contributed by atoms with Gasteiger partial charge in [0.25, 0.3) is 0 Å². The van der Waals surface area contributed by atoms with Gasteiger partial charge in [0.1, 0.15) is 17.8 Å². The van der Waals surface area contributed by atoms with Gasteiger partial charge in [-0.1, -0.05) is 25.5 Å². The molecule has 1 aliphatic heterocycles. The van der Waals surface area contributed by atoms with Crippen LogP contribution < -0.4 is 0 Å². The van der Waals surface area contributed by atoms with E-state index in [1.54, 1.807) is 12.2 Å². The fourth-order valence-electron chi connectivity index (χ4n) is 7.70. The molecule has 0 bridgehead atoms. The van der Waals surface area contributed by atoms with E-state index in [1.807, 2.05) is 19.9 Å². The van der Waals surface area contributed by atoms with Crippen LogP contribution in [0.3, 0.4) is 0 Å². The number of carbonyl (C=O) groups excluding carboxylic acids is 2. The van der Waals surface area contributed by atoms with E-state index >= 15 is 0 Å². The van der Waals surface area contributed by atoms with Gasteiger partial charge in [-0.3, -0.25) is 9.59 Å². The van der Waals surface area contributed by atoms with Gasteiger partial charge in [-0.05, 0) is 62.5 Å². The Balaban J connectivity index is 1.60. The van der Waals surface area contributed by atoms with Crippen molar-refractivity contribution in [2.75, 3.05) is 6.61 Å². The summed E-state index contributed by atoms with van der Waals surface area (Å²) in [4.78, 5) is 24.5. The zero-order valence-electron chi connectivity index (χ0n) is 16.2. The summed E-state index contributed by atoms with van der Waals surface area (Å²) < 4.78 is 6.43. The smallest absolute Gasteiger partial charge is 0.190 e. The minimum atomic E-state index is -1.50. The topological polar surface area (TPSA) is 87.1 Å². The molecule has 5 nitrogen and oxygen atoms in total. The lowest BCUT2D eigenvalue weighted by molar-refractivity contribution is -0.165. The van der Waals surface area contributed by atoms with Crippen molar-refractivity contribution in [2.45, 2.75) is 63.8 Å². The van der Waals surface area contributed by atoms with Crippen molar-refractivity contribution in [1.82, 2.24) is 0 Å². The van der Waals surface area contributed by atoms with Gasteiger partial charge in [-0.2, -0.15) is 0 Å². The van der Waals surface area contributed by atoms with Crippen LogP contribution in [0.1, 0.15) is 46.5 Å². The van der Waals surface area contributed by atoms with Crippen molar-refractivity contribution in [3.63, 3.8) is 0 Å². The molecular formula is C22H28O5. The molecule has 5 heteroatoms. The fraction of sp³-hybridized carbons (Fsp3) is 0.727. The van der Waals surface area contributed by atoms with E-state index < -0.39 is 23.4 Å². The van der Waals surface area contributed by atoms with Crippen LogP contribution in [-0.4, -0.2) is 45.7 Å². The lowest BCUT2D eigenvalue weighted by atomic mass is 9.46. The lowest BCUT2D eigenvalue weighted by Gasteiger charge is -2.55. The van der Waals surface area contributed by atoms with Crippen molar-refractivity contribution in [1.29, 1.82) is 0 Å². The third-order valence-electron chi connectivity index (χ3n) is 9.08. The summed E-state index contributed by atoms with van der Waals surface area (Å²) in [6.07, 6.45) is 8.58. The average molecular weight is 372 g/mol. The first-order valence-electron chi connectivity index (χ1n) is 10.1. The SMILES string of the molecule is CC1CC2C3CCC4=CC(=O)C=C[C@]4(C)C34OC4C[C@]2(C)[C@@]1(O)C(=O)CO. The van der Waals surface area contributed by atoms with Gasteiger partial charge in [-0.25, -0.2) is 0 Å². The van der Waals surface area contributed by atoms with E-state index in [0.717, 1.165) is 24.8 Å². The zero-order valence-corrected chi connectivity index (χ0v) is 16.2. The number of carbonyl (C=O) groups is 2. The van der Waals surface area contributed by atoms with Crippen molar-refractivity contribution in [2.24, 2.45) is 28.6 Å². The molecule has 4 aliphatic carbocycles. The van der Waals surface area contributed by atoms with Crippen LogP contribution in [0.2, 0.25) is 0 Å². The number of fused-ring (bicyclic) bond motifs is 3. The van der Waals surface area contributed by atoms with E-state index in [2.05, 4.69) is 6.92 Å². The summed E-state index contributed by atoms with van der Waals surface area (Å²) in [6, 6.07) is 0. The molecule has 1 spiro atoms. The van der Waals surface area contributed by atoms with Gasteiger partial charge in [0.2, 0.25) is 0 Å².